The zero-order valence-corrected chi connectivity index (χ0v) is 14.7. The average molecular weight is 336 g/mol. The molecule has 1 amide bonds. The highest BCUT2D eigenvalue weighted by Gasteiger charge is 2.24. The van der Waals surface area contributed by atoms with Gasteiger partial charge in [0.15, 0.2) is 0 Å². The maximum atomic E-state index is 12.7. The smallest absolute Gasteiger partial charge is 0.253 e. The lowest BCUT2D eigenvalue weighted by atomic mass is 10.1. The minimum atomic E-state index is 0.110. The molecule has 2 aliphatic rings. The molecule has 0 bridgehead atoms. The Balaban J connectivity index is 1.55. The van der Waals surface area contributed by atoms with Crippen molar-refractivity contribution in [3.63, 3.8) is 0 Å². The van der Waals surface area contributed by atoms with Gasteiger partial charge in [-0.15, -0.1) is 0 Å². The number of fused-ring (bicyclic) bond motifs is 1. The monoisotopic (exact) mass is 336 g/mol. The normalized spacial score (nSPS) is 17.3. The molecule has 4 rings (SSSR count). The second-order valence-corrected chi connectivity index (χ2v) is 6.89. The molecular formula is C20H24N4O. The summed E-state index contributed by atoms with van der Waals surface area (Å²) < 4.78 is 0. The van der Waals surface area contributed by atoms with Gasteiger partial charge in [0.25, 0.3) is 5.91 Å². The van der Waals surface area contributed by atoms with Crippen molar-refractivity contribution in [3.05, 3.63) is 52.8 Å². The van der Waals surface area contributed by atoms with E-state index in [1.54, 1.807) is 0 Å². The van der Waals surface area contributed by atoms with Crippen LogP contribution in [-0.4, -0.2) is 47.0 Å². The van der Waals surface area contributed by atoms with Crippen molar-refractivity contribution in [3.8, 4) is 0 Å². The first kappa shape index (κ1) is 16.1. The van der Waals surface area contributed by atoms with Gasteiger partial charge in [-0.1, -0.05) is 18.2 Å². The van der Waals surface area contributed by atoms with Gasteiger partial charge in [0.05, 0.1) is 5.69 Å². The van der Waals surface area contributed by atoms with Gasteiger partial charge < -0.3 is 9.80 Å². The molecule has 0 N–H and O–H groups in total. The molecule has 0 aliphatic carbocycles. The molecule has 130 valence electrons. The Morgan fingerprint density at radius 1 is 0.960 bits per heavy atom. The number of carbonyl (C=O) groups excluding carboxylic acids is 1. The zero-order chi connectivity index (χ0) is 17.2. The summed E-state index contributed by atoms with van der Waals surface area (Å²) in [6.45, 7) is 5.63. The standard InChI is InChI=1S/C20H24N4O/c1-15-17-9-13-23(19(25)16-7-3-2-4-8-16)14-10-18(17)22-20(21-15)24-11-5-6-12-24/h2-4,7-8H,5-6,9-14H2,1H3. The van der Waals surface area contributed by atoms with E-state index in [1.165, 1.54) is 18.4 Å². The summed E-state index contributed by atoms with van der Waals surface area (Å²) in [6.07, 6.45) is 4.08. The molecule has 0 atom stereocenters. The molecule has 0 unspecified atom stereocenters. The van der Waals surface area contributed by atoms with Gasteiger partial charge in [0.1, 0.15) is 0 Å². The molecule has 1 saturated heterocycles. The van der Waals surface area contributed by atoms with E-state index in [9.17, 15) is 4.79 Å². The largest absolute Gasteiger partial charge is 0.341 e. The first-order valence-corrected chi connectivity index (χ1v) is 9.18. The predicted molar refractivity (Wildman–Crippen MR) is 98.0 cm³/mol. The van der Waals surface area contributed by atoms with Crippen LogP contribution in [0.5, 0.6) is 0 Å². The second-order valence-electron chi connectivity index (χ2n) is 6.89. The Bertz CT molecular complexity index is 769. The number of hydrogen-bond acceptors (Lipinski definition) is 4. The van der Waals surface area contributed by atoms with E-state index in [4.69, 9.17) is 9.97 Å². The van der Waals surface area contributed by atoms with Gasteiger partial charge in [0, 0.05) is 43.9 Å². The minimum Gasteiger partial charge on any atom is -0.341 e. The van der Waals surface area contributed by atoms with E-state index >= 15 is 0 Å². The van der Waals surface area contributed by atoms with Gasteiger partial charge in [0.2, 0.25) is 5.95 Å². The highest BCUT2D eigenvalue weighted by molar-refractivity contribution is 5.94. The van der Waals surface area contributed by atoms with E-state index in [0.717, 1.165) is 61.9 Å². The molecule has 2 aliphatic heterocycles. The molecule has 5 nitrogen and oxygen atoms in total. The fraction of sp³-hybridized carbons (Fsp3) is 0.450. The number of aryl methyl sites for hydroxylation is 1. The van der Waals surface area contributed by atoms with Crippen molar-refractivity contribution in [2.24, 2.45) is 0 Å². The van der Waals surface area contributed by atoms with Gasteiger partial charge in [-0.05, 0) is 43.9 Å². The lowest BCUT2D eigenvalue weighted by molar-refractivity contribution is 0.0763. The van der Waals surface area contributed by atoms with Crippen molar-refractivity contribution in [2.45, 2.75) is 32.6 Å². The maximum Gasteiger partial charge on any atom is 0.253 e. The minimum absolute atomic E-state index is 0.110. The topological polar surface area (TPSA) is 49.3 Å². The molecule has 1 fully saturated rings. The number of anilines is 1. The molecule has 0 radical (unpaired) electrons. The molecule has 2 aromatic rings. The van der Waals surface area contributed by atoms with Crippen molar-refractivity contribution in [1.29, 1.82) is 0 Å². The maximum absolute atomic E-state index is 12.7. The molecule has 1 aromatic heterocycles. The molecule has 25 heavy (non-hydrogen) atoms. The number of amides is 1. The molecule has 3 heterocycles. The fourth-order valence-electron chi connectivity index (χ4n) is 3.80. The van der Waals surface area contributed by atoms with Crippen molar-refractivity contribution < 1.29 is 4.79 Å². The summed E-state index contributed by atoms with van der Waals surface area (Å²) >= 11 is 0. The van der Waals surface area contributed by atoms with Crippen LogP contribution in [0.15, 0.2) is 30.3 Å². The van der Waals surface area contributed by atoms with Gasteiger partial charge in [-0.3, -0.25) is 4.79 Å². The van der Waals surface area contributed by atoms with E-state index < -0.39 is 0 Å². The van der Waals surface area contributed by atoms with Crippen LogP contribution in [0, 0.1) is 6.92 Å². The molecule has 0 saturated carbocycles. The van der Waals surface area contributed by atoms with E-state index in [1.807, 2.05) is 35.2 Å². The lowest BCUT2D eigenvalue weighted by Gasteiger charge is -2.20. The van der Waals surface area contributed by atoms with Crippen molar-refractivity contribution >= 4 is 11.9 Å². The Hall–Kier alpha value is -2.43. The van der Waals surface area contributed by atoms with Crippen LogP contribution in [0.1, 0.15) is 40.2 Å². The summed E-state index contributed by atoms with van der Waals surface area (Å²) in [6, 6.07) is 9.54. The quantitative estimate of drug-likeness (QED) is 0.846. The van der Waals surface area contributed by atoms with Crippen LogP contribution in [0.2, 0.25) is 0 Å². The van der Waals surface area contributed by atoms with Crippen LogP contribution < -0.4 is 4.90 Å². The first-order valence-electron chi connectivity index (χ1n) is 9.18. The van der Waals surface area contributed by atoms with Crippen LogP contribution >= 0.6 is 0 Å². The third kappa shape index (κ3) is 3.23. The zero-order valence-electron chi connectivity index (χ0n) is 14.7. The summed E-state index contributed by atoms with van der Waals surface area (Å²) in [7, 11) is 0. The molecule has 5 heteroatoms. The lowest BCUT2D eigenvalue weighted by Crippen LogP contribution is -2.33. The van der Waals surface area contributed by atoms with Crippen LogP contribution in [0.4, 0.5) is 5.95 Å². The van der Waals surface area contributed by atoms with Crippen molar-refractivity contribution in [1.82, 2.24) is 14.9 Å². The van der Waals surface area contributed by atoms with Crippen LogP contribution in [0.3, 0.4) is 0 Å². The Morgan fingerprint density at radius 3 is 2.44 bits per heavy atom. The van der Waals surface area contributed by atoms with Gasteiger partial charge in [-0.2, -0.15) is 0 Å². The highest BCUT2D eigenvalue weighted by Crippen LogP contribution is 2.23. The summed E-state index contributed by atoms with van der Waals surface area (Å²) in [4.78, 5) is 26.6. The SMILES string of the molecule is Cc1nc(N2CCCC2)nc2c1CCN(C(=O)c1ccccc1)CC2. The van der Waals surface area contributed by atoms with Crippen molar-refractivity contribution in [2.75, 3.05) is 31.1 Å². The Labute approximate surface area is 148 Å². The van der Waals surface area contributed by atoms with Gasteiger partial charge in [-0.25, -0.2) is 9.97 Å². The van der Waals surface area contributed by atoms with E-state index in [2.05, 4.69) is 11.8 Å². The fourth-order valence-corrected chi connectivity index (χ4v) is 3.80. The van der Waals surface area contributed by atoms with Gasteiger partial charge >= 0.3 is 0 Å². The molecule has 0 spiro atoms. The number of hydrogen-bond donors (Lipinski definition) is 0. The third-order valence-electron chi connectivity index (χ3n) is 5.23. The Kier molecular flexibility index (Phi) is 4.38. The average Bonchev–Trinajstić information content (AvgIpc) is 3.09. The second kappa shape index (κ2) is 6.82. The van der Waals surface area contributed by atoms with E-state index in [-0.39, 0.29) is 5.91 Å². The molecular weight excluding hydrogens is 312 g/mol. The van der Waals surface area contributed by atoms with E-state index in [0.29, 0.717) is 0 Å². The summed E-state index contributed by atoms with van der Waals surface area (Å²) in [5.41, 5.74) is 4.18. The Morgan fingerprint density at radius 2 is 1.68 bits per heavy atom. The number of carbonyl (C=O) groups is 1. The number of aromatic nitrogens is 2. The highest BCUT2D eigenvalue weighted by atomic mass is 16.2. The third-order valence-corrected chi connectivity index (χ3v) is 5.23. The first-order chi connectivity index (χ1) is 12.2. The number of rotatable bonds is 2. The van der Waals surface area contributed by atoms with Crippen LogP contribution in [0.25, 0.3) is 0 Å². The van der Waals surface area contributed by atoms with Crippen LogP contribution in [-0.2, 0) is 12.8 Å². The number of nitrogens with zero attached hydrogens (tertiary/aromatic N) is 4. The summed E-state index contributed by atoms with van der Waals surface area (Å²) in [5.74, 6) is 0.982. The summed E-state index contributed by atoms with van der Waals surface area (Å²) in [5, 5.41) is 0. The number of benzene rings is 1. The molecule has 1 aromatic carbocycles. The predicted octanol–water partition coefficient (Wildman–Crippen LogP) is 2.63.